The van der Waals surface area contributed by atoms with Gasteiger partial charge in [0.05, 0.1) is 0 Å². The van der Waals surface area contributed by atoms with E-state index in [1.165, 1.54) is 50.5 Å². The second-order valence-corrected chi connectivity index (χ2v) is 6.77. The van der Waals surface area contributed by atoms with Gasteiger partial charge in [0.15, 0.2) is 0 Å². The number of allylic oxidation sites excluding steroid dienone is 4. The van der Waals surface area contributed by atoms with Crippen LogP contribution in [0.1, 0.15) is 79.6 Å². The highest BCUT2D eigenvalue weighted by Gasteiger charge is 2.48. The highest BCUT2D eigenvalue weighted by Crippen LogP contribution is 2.58. The summed E-state index contributed by atoms with van der Waals surface area (Å²) in [6, 6.07) is 0. The fraction of sp³-hybridized carbons (Fsp3) is 0.778. The summed E-state index contributed by atoms with van der Waals surface area (Å²) in [5.41, 5.74) is 3.75. The largest absolute Gasteiger partial charge is 0.0859 e. The minimum Gasteiger partial charge on any atom is -0.0859 e. The lowest BCUT2D eigenvalue weighted by atomic mass is 9.95. The van der Waals surface area contributed by atoms with Crippen LogP contribution in [0.25, 0.3) is 0 Å². The van der Waals surface area contributed by atoms with Gasteiger partial charge in [0.25, 0.3) is 0 Å². The first-order chi connectivity index (χ1) is 8.48. The van der Waals surface area contributed by atoms with Crippen LogP contribution < -0.4 is 0 Å². The van der Waals surface area contributed by atoms with Crippen LogP contribution >= 0.6 is 0 Å². The van der Waals surface area contributed by atoms with Gasteiger partial charge in [0.1, 0.15) is 0 Å². The maximum Gasteiger partial charge on any atom is -0.0289 e. The molecule has 0 radical (unpaired) electrons. The molecule has 104 valence electrons. The first-order valence-corrected chi connectivity index (χ1v) is 7.77. The van der Waals surface area contributed by atoms with Crippen molar-refractivity contribution in [1.29, 1.82) is 0 Å². The van der Waals surface area contributed by atoms with E-state index in [-0.39, 0.29) is 0 Å². The third-order valence-corrected chi connectivity index (χ3v) is 4.39. The van der Waals surface area contributed by atoms with E-state index in [4.69, 9.17) is 0 Å². The monoisotopic (exact) mass is 248 g/mol. The third kappa shape index (κ3) is 5.42. The SMILES string of the molecule is CCCC=C(C)CC1CC1(C)CCCC=C(C)C. The van der Waals surface area contributed by atoms with Crippen molar-refractivity contribution < 1.29 is 0 Å². The first-order valence-electron chi connectivity index (χ1n) is 7.77. The lowest BCUT2D eigenvalue weighted by Gasteiger charge is -2.10. The van der Waals surface area contributed by atoms with Crippen LogP contribution in [0.4, 0.5) is 0 Å². The number of hydrogen-bond acceptors (Lipinski definition) is 0. The van der Waals surface area contributed by atoms with E-state index in [9.17, 15) is 0 Å². The van der Waals surface area contributed by atoms with Gasteiger partial charge in [-0.05, 0) is 70.6 Å². The Balaban J connectivity index is 2.22. The van der Waals surface area contributed by atoms with Crippen LogP contribution in [0.15, 0.2) is 23.3 Å². The fourth-order valence-electron chi connectivity index (χ4n) is 2.89. The zero-order valence-electron chi connectivity index (χ0n) is 13.2. The highest BCUT2D eigenvalue weighted by molar-refractivity contribution is 5.08. The first kappa shape index (κ1) is 15.5. The molecule has 0 spiro atoms. The summed E-state index contributed by atoms with van der Waals surface area (Å²) in [5.74, 6) is 0.970. The van der Waals surface area contributed by atoms with E-state index in [1.54, 1.807) is 5.57 Å². The van der Waals surface area contributed by atoms with Crippen LogP contribution in [0.5, 0.6) is 0 Å². The molecule has 0 aliphatic heterocycles. The van der Waals surface area contributed by atoms with Gasteiger partial charge in [0.2, 0.25) is 0 Å². The average molecular weight is 248 g/mol. The maximum atomic E-state index is 2.49. The van der Waals surface area contributed by atoms with Gasteiger partial charge in [-0.25, -0.2) is 0 Å². The molecule has 0 saturated heterocycles. The van der Waals surface area contributed by atoms with E-state index >= 15 is 0 Å². The molecule has 2 unspecified atom stereocenters. The topological polar surface area (TPSA) is 0 Å². The van der Waals surface area contributed by atoms with E-state index in [2.05, 4.69) is 46.8 Å². The quantitative estimate of drug-likeness (QED) is 0.350. The second kappa shape index (κ2) is 7.16. The molecule has 1 aliphatic carbocycles. The van der Waals surface area contributed by atoms with Crippen molar-refractivity contribution in [3.63, 3.8) is 0 Å². The summed E-state index contributed by atoms with van der Waals surface area (Å²) < 4.78 is 0. The highest BCUT2D eigenvalue weighted by atomic mass is 14.5. The van der Waals surface area contributed by atoms with Crippen molar-refractivity contribution in [3.05, 3.63) is 23.3 Å². The normalized spacial score (nSPS) is 27.2. The van der Waals surface area contributed by atoms with Crippen LogP contribution in [0.2, 0.25) is 0 Å². The predicted octanol–water partition coefficient (Wildman–Crippen LogP) is 6.29. The second-order valence-electron chi connectivity index (χ2n) is 6.77. The maximum absolute atomic E-state index is 2.49. The van der Waals surface area contributed by atoms with Gasteiger partial charge in [-0.1, -0.05) is 43.6 Å². The molecule has 0 N–H and O–H groups in total. The lowest BCUT2D eigenvalue weighted by molar-refractivity contribution is 0.444. The molecule has 1 rings (SSSR count). The Labute approximate surface area is 115 Å². The number of rotatable bonds is 8. The van der Waals surface area contributed by atoms with Crippen molar-refractivity contribution in [2.75, 3.05) is 0 Å². The van der Waals surface area contributed by atoms with Gasteiger partial charge in [-0.2, -0.15) is 0 Å². The van der Waals surface area contributed by atoms with E-state index in [0.29, 0.717) is 5.41 Å². The standard InChI is InChI=1S/C18H32/c1-6-7-11-16(4)13-17-14-18(17,5)12-9-8-10-15(2)3/h10-11,17H,6-9,12-14H2,1-5H3. The molecule has 0 bridgehead atoms. The van der Waals surface area contributed by atoms with Crippen molar-refractivity contribution in [2.45, 2.75) is 79.6 Å². The van der Waals surface area contributed by atoms with Crippen LogP contribution in [-0.4, -0.2) is 0 Å². The van der Waals surface area contributed by atoms with Gasteiger partial charge < -0.3 is 0 Å². The Hall–Kier alpha value is -0.520. The smallest absolute Gasteiger partial charge is 0.0289 e. The summed E-state index contributed by atoms with van der Waals surface area (Å²) in [7, 11) is 0. The molecular formula is C18H32. The molecular weight excluding hydrogens is 216 g/mol. The predicted molar refractivity (Wildman–Crippen MR) is 82.8 cm³/mol. The molecule has 0 aromatic heterocycles. The van der Waals surface area contributed by atoms with Crippen molar-refractivity contribution in [3.8, 4) is 0 Å². The van der Waals surface area contributed by atoms with Crippen LogP contribution in [0, 0.1) is 11.3 Å². The Morgan fingerprint density at radius 1 is 1.17 bits per heavy atom. The van der Waals surface area contributed by atoms with Crippen molar-refractivity contribution in [2.24, 2.45) is 11.3 Å². The Morgan fingerprint density at radius 2 is 1.89 bits per heavy atom. The zero-order chi connectivity index (χ0) is 13.6. The summed E-state index contributed by atoms with van der Waals surface area (Å²) in [6.45, 7) is 11.5. The van der Waals surface area contributed by atoms with Gasteiger partial charge in [-0.15, -0.1) is 0 Å². The summed E-state index contributed by atoms with van der Waals surface area (Å²) in [5, 5.41) is 0. The minimum absolute atomic E-state index is 0.663. The fourth-order valence-corrected chi connectivity index (χ4v) is 2.89. The van der Waals surface area contributed by atoms with E-state index in [0.717, 1.165) is 5.92 Å². The molecule has 1 aliphatic rings. The average Bonchev–Trinajstić information content (AvgIpc) is 2.93. The Morgan fingerprint density at radius 3 is 2.50 bits per heavy atom. The molecule has 2 atom stereocenters. The summed E-state index contributed by atoms with van der Waals surface area (Å²) >= 11 is 0. The molecule has 18 heavy (non-hydrogen) atoms. The Bertz CT molecular complexity index is 304. The molecule has 0 aromatic carbocycles. The molecule has 0 nitrogen and oxygen atoms in total. The van der Waals surface area contributed by atoms with Gasteiger partial charge in [-0.3, -0.25) is 0 Å². The molecule has 1 saturated carbocycles. The van der Waals surface area contributed by atoms with Crippen molar-refractivity contribution in [1.82, 2.24) is 0 Å². The van der Waals surface area contributed by atoms with Gasteiger partial charge in [0, 0.05) is 0 Å². The molecule has 0 amide bonds. The molecule has 0 heteroatoms. The van der Waals surface area contributed by atoms with E-state index < -0.39 is 0 Å². The molecule has 0 aromatic rings. The van der Waals surface area contributed by atoms with Crippen LogP contribution in [-0.2, 0) is 0 Å². The summed E-state index contributed by atoms with van der Waals surface area (Å²) in [6.07, 6.45) is 14.2. The minimum atomic E-state index is 0.663. The number of hydrogen-bond donors (Lipinski definition) is 0. The lowest BCUT2D eigenvalue weighted by Crippen LogP contribution is -1.98. The third-order valence-electron chi connectivity index (χ3n) is 4.39. The van der Waals surface area contributed by atoms with Crippen LogP contribution in [0.3, 0.4) is 0 Å². The molecule has 0 heterocycles. The zero-order valence-corrected chi connectivity index (χ0v) is 13.2. The molecule has 1 fully saturated rings. The van der Waals surface area contributed by atoms with E-state index in [1.807, 2.05) is 0 Å². The summed E-state index contributed by atoms with van der Waals surface area (Å²) in [4.78, 5) is 0. The number of unbranched alkanes of at least 4 members (excludes halogenated alkanes) is 2. The van der Waals surface area contributed by atoms with Gasteiger partial charge >= 0.3 is 0 Å². The Kier molecular flexibility index (Phi) is 6.18. The van der Waals surface area contributed by atoms with Crippen molar-refractivity contribution >= 4 is 0 Å².